The van der Waals surface area contributed by atoms with Crippen LogP contribution >= 0.6 is 0 Å². The number of amides is 1. The maximum Gasteiger partial charge on any atom is 0.227 e. The molecule has 1 fully saturated rings. The minimum atomic E-state index is 0.103. The van der Waals surface area contributed by atoms with E-state index < -0.39 is 0 Å². The second kappa shape index (κ2) is 6.15. The van der Waals surface area contributed by atoms with E-state index in [0.29, 0.717) is 12.5 Å². The van der Waals surface area contributed by atoms with Crippen LogP contribution in [0.25, 0.3) is 0 Å². The minimum Gasteiger partial charge on any atom is -0.334 e. The third kappa shape index (κ3) is 3.32. The molecule has 0 aliphatic carbocycles. The average molecular weight is 261 g/mol. The summed E-state index contributed by atoms with van der Waals surface area (Å²) in [5.74, 6) is 0.766. The van der Waals surface area contributed by atoms with E-state index in [1.165, 1.54) is 0 Å². The van der Waals surface area contributed by atoms with Crippen LogP contribution in [0.2, 0.25) is 0 Å². The number of nitrogens with one attached hydrogen (secondary N) is 1. The summed E-state index contributed by atoms with van der Waals surface area (Å²) < 4.78 is 0. The van der Waals surface area contributed by atoms with Crippen molar-refractivity contribution in [2.24, 2.45) is 11.8 Å². The highest BCUT2D eigenvalue weighted by Crippen LogP contribution is 2.21. The van der Waals surface area contributed by atoms with Crippen LogP contribution in [0.5, 0.6) is 0 Å². The summed E-state index contributed by atoms with van der Waals surface area (Å²) in [6, 6.07) is 6.03. The lowest BCUT2D eigenvalue weighted by Crippen LogP contribution is -2.42. The molecular weight excluding hydrogens is 238 g/mol. The van der Waals surface area contributed by atoms with Gasteiger partial charge in [-0.3, -0.25) is 9.78 Å². The van der Waals surface area contributed by atoms with Gasteiger partial charge in [0, 0.05) is 18.8 Å². The zero-order chi connectivity index (χ0) is 13.8. The van der Waals surface area contributed by atoms with Crippen LogP contribution in [0.1, 0.15) is 26.5 Å². The van der Waals surface area contributed by atoms with E-state index in [2.05, 4.69) is 31.1 Å². The Morgan fingerprint density at radius 1 is 1.47 bits per heavy atom. The molecule has 2 heterocycles. The van der Waals surface area contributed by atoms with Gasteiger partial charge in [0.1, 0.15) is 0 Å². The molecule has 2 unspecified atom stereocenters. The molecule has 1 aliphatic rings. The normalized spacial score (nSPS) is 22.7. The molecule has 19 heavy (non-hydrogen) atoms. The van der Waals surface area contributed by atoms with Gasteiger partial charge in [-0.15, -0.1) is 0 Å². The van der Waals surface area contributed by atoms with Crippen LogP contribution < -0.4 is 5.32 Å². The molecule has 4 nitrogen and oxygen atoms in total. The monoisotopic (exact) mass is 261 g/mol. The van der Waals surface area contributed by atoms with Crippen molar-refractivity contribution in [3.05, 3.63) is 30.1 Å². The van der Waals surface area contributed by atoms with Gasteiger partial charge >= 0.3 is 0 Å². The largest absolute Gasteiger partial charge is 0.334 e. The Labute approximate surface area is 115 Å². The van der Waals surface area contributed by atoms with Crippen molar-refractivity contribution in [1.29, 1.82) is 0 Å². The molecule has 0 radical (unpaired) electrons. The SMILES string of the molecule is CC1CNCC1C(=O)N(Cc1ccccn1)C(C)C. The number of pyridine rings is 1. The molecule has 2 rings (SSSR count). The van der Waals surface area contributed by atoms with Crippen LogP contribution in [-0.4, -0.2) is 34.9 Å². The molecule has 4 heteroatoms. The third-order valence-corrected chi connectivity index (χ3v) is 3.80. The number of rotatable bonds is 4. The topological polar surface area (TPSA) is 45.2 Å². The molecule has 1 amide bonds. The standard InChI is InChI=1S/C15H23N3O/c1-11(2)18(10-13-6-4-5-7-17-13)15(19)14-9-16-8-12(14)3/h4-7,11-12,14,16H,8-10H2,1-3H3. The Morgan fingerprint density at radius 3 is 2.79 bits per heavy atom. The second-order valence-corrected chi connectivity index (χ2v) is 5.62. The molecule has 1 aliphatic heterocycles. The van der Waals surface area contributed by atoms with Crippen molar-refractivity contribution in [2.45, 2.75) is 33.4 Å². The first-order valence-electron chi connectivity index (χ1n) is 7.00. The van der Waals surface area contributed by atoms with Crippen molar-refractivity contribution in [1.82, 2.24) is 15.2 Å². The fourth-order valence-corrected chi connectivity index (χ4v) is 2.53. The molecule has 1 saturated heterocycles. The Kier molecular flexibility index (Phi) is 4.53. The van der Waals surface area contributed by atoms with E-state index >= 15 is 0 Å². The lowest BCUT2D eigenvalue weighted by atomic mass is 9.96. The van der Waals surface area contributed by atoms with E-state index in [-0.39, 0.29) is 17.9 Å². The van der Waals surface area contributed by atoms with E-state index in [4.69, 9.17) is 0 Å². The molecule has 1 aromatic rings. The van der Waals surface area contributed by atoms with Gasteiger partial charge in [-0.1, -0.05) is 13.0 Å². The molecule has 1 aromatic heterocycles. The van der Waals surface area contributed by atoms with Crippen LogP contribution in [0.4, 0.5) is 0 Å². The first kappa shape index (κ1) is 14.0. The van der Waals surface area contributed by atoms with Crippen LogP contribution in [0.15, 0.2) is 24.4 Å². The van der Waals surface area contributed by atoms with Crippen LogP contribution in [0.3, 0.4) is 0 Å². The van der Waals surface area contributed by atoms with Crippen LogP contribution in [-0.2, 0) is 11.3 Å². The highest BCUT2D eigenvalue weighted by Gasteiger charge is 2.33. The number of carbonyl (C=O) groups is 1. The van der Waals surface area contributed by atoms with Gasteiger partial charge in [0.2, 0.25) is 5.91 Å². The fraction of sp³-hybridized carbons (Fsp3) is 0.600. The Morgan fingerprint density at radius 2 is 2.26 bits per heavy atom. The van der Waals surface area contributed by atoms with Gasteiger partial charge in [-0.25, -0.2) is 0 Å². The van der Waals surface area contributed by atoms with Crippen molar-refractivity contribution < 1.29 is 4.79 Å². The van der Waals surface area contributed by atoms with Gasteiger partial charge in [0.25, 0.3) is 0 Å². The van der Waals surface area contributed by atoms with Gasteiger partial charge in [-0.2, -0.15) is 0 Å². The molecule has 0 aromatic carbocycles. The lowest BCUT2D eigenvalue weighted by molar-refractivity contribution is -0.138. The molecule has 0 saturated carbocycles. The molecule has 0 bridgehead atoms. The molecule has 0 spiro atoms. The van der Waals surface area contributed by atoms with Crippen molar-refractivity contribution in [2.75, 3.05) is 13.1 Å². The fourth-order valence-electron chi connectivity index (χ4n) is 2.53. The van der Waals surface area contributed by atoms with E-state index in [1.807, 2.05) is 23.1 Å². The summed E-state index contributed by atoms with van der Waals surface area (Å²) in [5.41, 5.74) is 0.947. The summed E-state index contributed by atoms with van der Waals surface area (Å²) >= 11 is 0. The minimum absolute atomic E-state index is 0.103. The number of carbonyl (C=O) groups excluding carboxylic acids is 1. The third-order valence-electron chi connectivity index (χ3n) is 3.80. The first-order chi connectivity index (χ1) is 9.09. The lowest BCUT2D eigenvalue weighted by Gasteiger charge is -2.30. The van der Waals surface area contributed by atoms with Crippen molar-refractivity contribution in [3.63, 3.8) is 0 Å². The summed E-state index contributed by atoms with van der Waals surface area (Å²) in [6.45, 7) is 8.60. The Bertz CT molecular complexity index is 419. The number of nitrogens with zero attached hydrogens (tertiary/aromatic N) is 2. The number of hydrogen-bond acceptors (Lipinski definition) is 3. The van der Waals surface area contributed by atoms with Gasteiger partial charge in [-0.05, 0) is 38.4 Å². The predicted molar refractivity (Wildman–Crippen MR) is 75.4 cm³/mol. The summed E-state index contributed by atoms with van der Waals surface area (Å²) in [4.78, 5) is 18.9. The van der Waals surface area contributed by atoms with E-state index in [0.717, 1.165) is 18.8 Å². The summed E-state index contributed by atoms with van der Waals surface area (Å²) in [5, 5.41) is 3.30. The Hall–Kier alpha value is -1.42. The van der Waals surface area contributed by atoms with Gasteiger partial charge < -0.3 is 10.2 Å². The van der Waals surface area contributed by atoms with Crippen LogP contribution in [0, 0.1) is 11.8 Å². The zero-order valence-electron chi connectivity index (χ0n) is 12.0. The molecule has 1 N–H and O–H groups in total. The average Bonchev–Trinajstić information content (AvgIpc) is 2.82. The molecule has 104 valence electrons. The second-order valence-electron chi connectivity index (χ2n) is 5.62. The van der Waals surface area contributed by atoms with E-state index in [9.17, 15) is 4.79 Å². The molecule has 2 atom stereocenters. The zero-order valence-corrected chi connectivity index (χ0v) is 12.0. The molecular formula is C15H23N3O. The summed E-state index contributed by atoms with van der Waals surface area (Å²) in [6.07, 6.45) is 1.78. The predicted octanol–water partition coefficient (Wildman–Crippen LogP) is 1.67. The quantitative estimate of drug-likeness (QED) is 0.897. The van der Waals surface area contributed by atoms with E-state index in [1.54, 1.807) is 6.20 Å². The van der Waals surface area contributed by atoms with Gasteiger partial charge in [0.05, 0.1) is 18.2 Å². The number of aromatic nitrogens is 1. The number of hydrogen-bond donors (Lipinski definition) is 1. The maximum atomic E-state index is 12.7. The summed E-state index contributed by atoms with van der Waals surface area (Å²) in [7, 11) is 0. The maximum absolute atomic E-state index is 12.7. The first-order valence-corrected chi connectivity index (χ1v) is 7.00. The Balaban J connectivity index is 2.09. The van der Waals surface area contributed by atoms with Crippen molar-refractivity contribution >= 4 is 5.91 Å². The van der Waals surface area contributed by atoms with Gasteiger partial charge in [0.15, 0.2) is 0 Å². The highest BCUT2D eigenvalue weighted by atomic mass is 16.2. The van der Waals surface area contributed by atoms with Crippen molar-refractivity contribution in [3.8, 4) is 0 Å². The highest BCUT2D eigenvalue weighted by molar-refractivity contribution is 5.80. The smallest absolute Gasteiger partial charge is 0.227 e.